The highest BCUT2D eigenvalue weighted by atomic mass is 15.3. The van der Waals surface area contributed by atoms with Gasteiger partial charge in [-0.05, 0) is 46.8 Å². The zero-order valence-corrected chi connectivity index (χ0v) is 11.7. The maximum Gasteiger partial charge on any atom is 0.0367 e. The molecule has 1 aromatic rings. The first-order valence-electron chi connectivity index (χ1n) is 6.38. The van der Waals surface area contributed by atoms with Gasteiger partial charge in [-0.2, -0.15) is 0 Å². The van der Waals surface area contributed by atoms with E-state index in [-0.39, 0.29) is 11.1 Å². The van der Waals surface area contributed by atoms with Crippen LogP contribution in [-0.2, 0) is 0 Å². The van der Waals surface area contributed by atoms with Crippen molar-refractivity contribution in [1.29, 1.82) is 0 Å². The molecule has 1 saturated heterocycles. The lowest BCUT2D eigenvalue weighted by Gasteiger charge is -2.49. The second kappa shape index (κ2) is 4.02. The van der Waals surface area contributed by atoms with E-state index in [1.54, 1.807) is 0 Å². The molecule has 17 heavy (non-hydrogen) atoms. The van der Waals surface area contributed by atoms with Crippen molar-refractivity contribution in [2.24, 2.45) is 0 Å². The molecule has 1 fully saturated rings. The summed E-state index contributed by atoms with van der Waals surface area (Å²) in [4.78, 5) is 2.48. The Labute approximate surface area is 105 Å². The zero-order chi connectivity index (χ0) is 12.7. The van der Waals surface area contributed by atoms with Crippen molar-refractivity contribution < 1.29 is 0 Å². The van der Waals surface area contributed by atoms with Gasteiger partial charge in [-0.3, -0.25) is 0 Å². The number of hydrogen-bond acceptors (Lipinski definition) is 2. The molecule has 0 atom stereocenters. The molecule has 2 heteroatoms. The topological polar surface area (TPSA) is 15.3 Å². The normalized spacial score (nSPS) is 22.5. The highest BCUT2D eigenvalue weighted by molar-refractivity contribution is 5.49. The standard InChI is InChI=1S/C15H24N2/c1-12-6-8-13(9-7-12)17-10-14(2,3)16-15(4,5)11-17/h6-9,16H,10-11H2,1-5H3. The second-order valence-electron chi connectivity index (χ2n) is 6.58. The van der Waals surface area contributed by atoms with E-state index in [1.165, 1.54) is 11.3 Å². The smallest absolute Gasteiger partial charge is 0.0367 e. The van der Waals surface area contributed by atoms with Crippen LogP contribution in [0, 0.1) is 6.92 Å². The molecule has 2 rings (SSSR count). The minimum absolute atomic E-state index is 0.159. The van der Waals surface area contributed by atoms with Crippen LogP contribution in [0.5, 0.6) is 0 Å². The first-order valence-corrected chi connectivity index (χ1v) is 6.38. The van der Waals surface area contributed by atoms with Gasteiger partial charge in [-0.15, -0.1) is 0 Å². The maximum absolute atomic E-state index is 3.70. The molecule has 1 heterocycles. The third-order valence-corrected chi connectivity index (χ3v) is 3.25. The van der Waals surface area contributed by atoms with Gasteiger partial charge in [0.25, 0.3) is 0 Å². The summed E-state index contributed by atoms with van der Waals surface area (Å²) in [5.74, 6) is 0. The van der Waals surface area contributed by atoms with Gasteiger partial charge >= 0.3 is 0 Å². The monoisotopic (exact) mass is 232 g/mol. The van der Waals surface area contributed by atoms with E-state index in [4.69, 9.17) is 0 Å². The molecule has 2 nitrogen and oxygen atoms in total. The van der Waals surface area contributed by atoms with Crippen LogP contribution in [0.1, 0.15) is 33.3 Å². The Morgan fingerprint density at radius 3 is 1.88 bits per heavy atom. The number of nitrogens with one attached hydrogen (secondary N) is 1. The minimum atomic E-state index is 0.159. The first kappa shape index (κ1) is 12.4. The summed E-state index contributed by atoms with van der Waals surface area (Å²) in [6.07, 6.45) is 0. The van der Waals surface area contributed by atoms with Crippen molar-refractivity contribution in [3.8, 4) is 0 Å². The largest absolute Gasteiger partial charge is 0.368 e. The van der Waals surface area contributed by atoms with Gasteiger partial charge in [-0.25, -0.2) is 0 Å². The van der Waals surface area contributed by atoms with E-state index in [0.29, 0.717) is 0 Å². The molecule has 1 N–H and O–H groups in total. The molecule has 0 radical (unpaired) electrons. The van der Waals surface area contributed by atoms with Crippen molar-refractivity contribution in [3.05, 3.63) is 29.8 Å². The van der Waals surface area contributed by atoms with Crippen molar-refractivity contribution in [1.82, 2.24) is 5.32 Å². The molecule has 0 spiro atoms. The maximum atomic E-state index is 3.70. The number of hydrogen-bond donors (Lipinski definition) is 1. The third kappa shape index (κ3) is 3.01. The van der Waals surface area contributed by atoms with Gasteiger partial charge in [0.05, 0.1) is 0 Å². The number of aryl methyl sites for hydroxylation is 1. The molecule has 1 aromatic carbocycles. The quantitative estimate of drug-likeness (QED) is 0.801. The lowest BCUT2D eigenvalue weighted by atomic mass is 9.91. The third-order valence-electron chi connectivity index (χ3n) is 3.25. The van der Waals surface area contributed by atoms with Crippen molar-refractivity contribution in [3.63, 3.8) is 0 Å². The van der Waals surface area contributed by atoms with Crippen LogP contribution in [0.3, 0.4) is 0 Å². The molecular weight excluding hydrogens is 208 g/mol. The number of anilines is 1. The zero-order valence-electron chi connectivity index (χ0n) is 11.7. The Morgan fingerprint density at radius 1 is 0.941 bits per heavy atom. The molecule has 94 valence electrons. The van der Waals surface area contributed by atoms with Gasteiger partial charge in [0, 0.05) is 29.9 Å². The first-order chi connectivity index (χ1) is 7.77. The molecular formula is C15H24N2. The molecule has 0 unspecified atom stereocenters. The molecule has 1 aliphatic heterocycles. The lowest BCUT2D eigenvalue weighted by molar-refractivity contribution is 0.226. The molecule has 1 aliphatic rings. The lowest BCUT2D eigenvalue weighted by Crippen LogP contribution is -2.66. The highest BCUT2D eigenvalue weighted by Gasteiger charge is 2.36. The average molecular weight is 232 g/mol. The van der Waals surface area contributed by atoms with E-state index in [0.717, 1.165) is 13.1 Å². The summed E-state index contributed by atoms with van der Waals surface area (Å²) in [5.41, 5.74) is 2.97. The summed E-state index contributed by atoms with van der Waals surface area (Å²) < 4.78 is 0. The van der Waals surface area contributed by atoms with E-state index in [9.17, 15) is 0 Å². The number of piperazine rings is 1. The Bertz CT molecular complexity index is 374. The summed E-state index contributed by atoms with van der Waals surface area (Å²) in [7, 11) is 0. The van der Waals surface area contributed by atoms with Crippen LogP contribution in [0.25, 0.3) is 0 Å². The highest BCUT2D eigenvalue weighted by Crippen LogP contribution is 2.26. The molecule has 0 bridgehead atoms. The predicted octanol–water partition coefficient (Wildman–Crippen LogP) is 2.96. The van der Waals surface area contributed by atoms with Crippen LogP contribution in [0.15, 0.2) is 24.3 Å². The van der Waals surface area contributed by atoms with Crippen molar-refractivity contribution in [2.75, 3.05) is 18.0 Å². The van der Waals surface area contributed by atoms with E-state index >= 15 is 0 Å². The SMILES string of the molecule is Cc1ccc(N2CC(C)(C)NC(C)(C)C2)cc1. The van der Waals surface area contributed by atoms with Gasteiger partial charge in [0.1, 0.15) is 0 Å². The Kier molecular flexibility index (Phi) is 2.94. The Hall–Kier alpha value is -1.02. The van der Waals surface area contributed by atoms with E-state index < -0.39 is 0 Å². The fraction of sp³-hybridized carbons (Fsp3) is 0.600. The van der Waals surface area contributed by atoms with Gasteiger partial charge in [0.2, 0.25) is 0 Å². The van der Waals surface area contributed by atoms with Crippen molar-refractivity contribution >= 4 is 5.69 Å². The van der Waals surface area contributed by atoms with E-state index in [1.807, 2.05) is 0 Å². The molecule has 0 aromatic heterocycles. The van der Waals surface area contributed by atoms with E-state index in [2.05, 4.69) is 69.1 Å². The average Bonchev–Trinajstić information content (AvgIpc) is 2.13. The minimum Gasteiger partial charge on any atom is -0.368 e. The Morgan fingerprint density at radius 2 is 1.41 bits per heavy atom. The molecule has 0 aliphatic carbocycles. The summed E-state index contributed by atoms with van der Waals surface area (Å²) in [6, 6.07) is 8.84. The number of rotatable bonds is 1. The van der Waals surface area contributed by atoms with Crippen LogP contribution in [0.2, 0.25) is 0 Å². The predicted molar refractivity (Wildman–Crippen MR) is 74.7 cm³/mol. The van der Waals surface area contributed by atoms with Gasteiger partial charge < -0.3 is 10.2 Å². The number of benzene rings is 1. The van der Waals surface area contributed by atoms with Crippen LogP contribution in [0.4, 0.5) is 5.69 Å². The van der Waals surface area contributed by atoms with Gasteiger partial charge in [0.15, 0.2) is 0 Å². The van der Waals surface area contributed by atoms with Gasteiger partial charge in [-0.1, -0.05) is 17.7 Å². The van der Waals surface area contributed by atoms with Crippen LogP contribution >= 0.6 is 0 Å². The second-order valence-corrected chi connectivity index (χ2v) is 6.58. The molecule has 0 amide bonds. The van der Waals surface area contributed by atoms with Crippen LogP contribution < -0.4 is 10.2 Å². The van der Waals surface area contributed by atoms with Crippen molar-refractivity contribution in [2.45, 2.75) is 45.7 Å². The number of nitrogens with zero attached hydrogens (tertiary/aromatic N) is 1. The fourth-order valence-electron chi connectivity index (χ4n) is 2.94. The summed E-state index contributed by atoms with van der Waals surface area (Å²) in [6.45, 7) is 13.3. The summed E-state index contributed by atoms with van der Waals surface area (Å²) in [5, 5.41) is 3.70. The molecule has 0 saturated carbocycles. The Balaban J connectivity index is 2.24. The van der Waals surface area contributed by atoms with Crippen LogP contribution in [-0.4, -0.2) is 24.2 Å². The fourth-order valence-corrected chi connectivity index (χ4v) is 2.94. The summed E-state index contributed by atoms with van der Waals surface area (Å²) >= 11 is 0.